The molecule has 1 aromatic rings. The Kier molecular flexibility index (Phi) is 4.20. The van der Waals surface area contributed by atoms with E-state index in [0.717, 1.165) is 12.8 Å². The molecule has 0 N–H and O–H groups in total. The summed E-state index contributed by atoms with van der Waals surface area (Å²) in [6, 6.07) is 4.82. The number of carbonyl (C=O) groups is 1. The summed E-state index contributed by atoms with van der Waals surface area (Å²) in [5, 5.41) is 0. The Hall–Kier alpha value is -1.48. The molecule has 1 aromatic carbocycles. The molecule has 1 saturated carbocycles. The molecule has 148 valence electrons. The lowest BCUT2D eigenvalue weighted by Crippen LogP contribution is -2.42. The number of hydrogen-bond acceptors (Lipinski definition) is 5. The Morgan fingerprint density at radius 1 is 1.22 bits per heavy atom. The lowest BCUT2D eigenvalue weighted by molar-refractivity contribution is -0.180. The molecule has 27 heavy (non-hydrogen) atoms. The van der Waals surface area contributed by atoms with Gasteiger partial charge in [0.15, 0.2) is 0 Å². The fourth-order valence-electron chi connectivity index (χ4n) is 3.53. The summed E-state index contributed by atoms with van der Waals surface area (Å²) in [5.74, 6) is -1.26. The van der Waals surface area contributed by atoms with E-state index in [-0.39, 0.29) is 10.8 Å². The van der Waals surface area contributed by atoms with Gasteiger partial charge in [-0.1, -0.05) is 0 Å². The van der Waals surface area contributed by atoms with E-state index in [0.29, 0.717) is 36.9 Å². The van der Waals surface area contributed by atoms with Gasteiger partial charge in [0.1, 0.15) is 0 Å². The van der Waals surface area contributed by atoms with Crippen LogP contribution in [-0.4, -0.2) is 51.0 Å². The monoisotopic (exact) mass is 394 g/mol. The Balaban J connectivity index is 1.80. The van der Waals surface area contributed by atoms with Gasteiger partial charge >= 0.3 is 0 Å². The van der Waals surface area contributed by atoms with Crippen LogP contribution < -0.4 is 4.90 Å². The molecule has 2 fully saturated rings. The number of anilines is 1. The zero-order valence-corrected chi connectivity index (χ0v) is 17.0. The summed E-state index contributed by atoms with van der Waals surface area (Å²) >= 11 is 0. The van der Waals surface area contributed by atoms with Crippen molar-refractivity contribution in [3.63, 3.8) is 0 Å². The van der Waals surface area contributed by atoms with Crippen LogP contribution >= 0.6 is 0 Å². The fraction of sp³-hybridized carbons (Fsp3) is 0.632. The van der Waals surface area contributed by atoms with Crippen molar-refractivity contribution >= 4 is 21.6 Å². The van der Waals surface area contributed by atoms with Crippen molar-refractivity contribution < 1.29 is 22.7 Å². The quantitative estimate of drug-likeness (QED) is 0.781. The lowest BCUT2D eigenvalue weighted by atomic mass is 10.1. The fourth-order valence-corrected chi connectivity index (χ4v) is 5.07. The molecule has 3 aliphatic rings. The summed E-state index contributed by atoms with van der Waals surface area (Å²) < 4.78 is 39.0. The predicted octanol–water partition coefficient (Wildman–Crippen LogP) is 2.06. The van der Waals surface area contributed by atoms with Crippen molar-refractivity contribution in [2.45, 2.75) is 49.8 Å². The highest BCUT2D eigenvalue weighted by Crippen LogP contribution is 2.48. The minimum Gasteiger partial charge on any atom is -0.336 e. The second kappa shape index (κ2) is 6.01. The maximum Gasteiger partial charge on any atom is 0.292 e. The van der Waals surface area contributed by atoms with Crippen LogP contribution in [0.1, 0.15) is 39.2 Å². The van der Waals surface area contributed by atoms with E-state index < -0.39 is 21.3 Å². The second-order valence-electron chi connectivity index (χ2n) is 8.49. The highest BCUT2D eigenvalue weighted by atomic mass is 32.2. The van der Waals surface area contributed by atoms with Crippen molar-refractivity contribution in [2.75, 3.05) is 31.7 Å². The van der Waals surface area contributed by atoms with E-state index in [1.54, 1.807) is 30.1 Å². The molecule has 2 aliphatic heterocycles. The molecule has 0 radical (unpaired) electrons. The van der Waals surface area contributed by atoms with Gasteiger partial charge in [0, 0.05) is 24.7 Å². The van der Waals surface area contributed by atoms with Crippen LogP contribution in [0.15, 0.2) is 23.1 Å². The molecule has 8 heteroatoms. The van der Waals surface area contributed by atoms with E-state index in [9.17, 15) is 13.2 Å². The Labute approximate surface area is 160 Å². The van der Waals surface area contributed by atoms with Crippen LogP contribution in [0, 0.1) is 5.92 Å². The minimum absolute atomic E-state index is 0.137. The topological polar surface area (TPSA) is 76.1 Å². The van der Waals surface area contributed by atoms with Crippen molar-refractivity contribution in [1.82, 2.24) is 4.31 Å². The Bertz CT molecular complexity index is 880. The first-order chi connectivity index (χ1) is 12.6. The first-order valence-electron chi connectivity index (χ1n) is 9.31. The van der Waals surface area contributed by atoms with Gasteiger partial charge in [-0.25, -0.2) is 8.42 Å². The molecule has 1 amide bonds. The standard InChI is InChI=1S/C19H26N2O5S/c1-18(2,3)20(4)27(23,24)14-7-8-16-15(11-14)19(25-9-10-26-19)17(22)21(16)12-13-5-6-13/h7-8,11,13H,5-6,9-10,12H2,1-4H3. The zero-order valence-electron chi connectivity index (χ0n) is 16.2. The summed E-state index contributed by atoms with van der Waals surface area (Å²) in [7, 11) is -2.16. The molecule has 1 saturated heterocycles. The predicted molar refractivity (Wildman–Crippen MR) is 99.8 cm³/mol. The van der Waals surface area contributed by atoms with Crippen LogP contribution in [0.5, 0.6) is 0 Å². The Morgan fingerprint density at radius 3 is 2.41 bits per heavy atom. The first kappa shape index (κ1) is 18.9. The third kappa shape index (κ3) is 2.90. The van der Waals surface area contributed by atoms with E-state index in [1.165, 1.54) is 4.31 Å². The molecule has 0 unspecified atom stereocenters. The zero-order chi connectivity index (χ0) is 19.6. The number of hydrogen-bond donors (Lipinski definition) is 0. The van der Waals surface area contributed by atoms with E-state index in [1.807, 2.05) is 20.8 Å². The summed E-state index contributed by atoms with van der Waals surface area (Å²) in [6.07, 6.45) is 2.22. The molecule has 0 bridgehead atoms. The summed E-state index contributed by atoms with van der Waals surface area (Å²) in [4.78, 5) is 15.0. The van der Waals surface area contributed by atoms with E-state index in [2.05, 4.69) is 0 Å². The number of rotatable bonds is 4. The van der Waals surface area contributed by atoms with Crippen molar-refractivity contribution in [1.29, 1.82) is 0 Å². The number of fused-ring (bicyclic) bond motifs is 2. The van der Waals surface area contributed by atoms with Gasteiger partial charge in [0.25, 0.3) is 11.7 Å². The molecule has 4 rings (SSSR count). The van der Waals surface area contributed by atoms with Crippen molar-refractivity contribution in [3.8, 4) is 0 Å². The average molecular weight is 394 g/mol. The highest BCUT2D eigenvalue weighted by molar-refractivity contribution is 7.89. The molecule has 1 aliphatic carbocycles. The normalized spacial score (nSPS) is 22.1. The average Bonchev–Trinajstić information content (AvgIpc) is 3.24. The van der Waals surface area contributed by atoms with Crippen molar-refractivity contribution in [2.24, 2.45) is 5.92 Å². The van der Waals surface area contributed by atoms with E-state index in [4.69, 9.17) is 9.47 Å². The van der Waals surface area contributed by atoms with Crippen molar-refractivity contribution in [3.05, 3.63) is 23.8 Å². The molecule has 0 atom stereocenters. The number of ether oxygens (including phenoxy) is 2. The maximum atomic E-state index is 13.1. The molecular formula is C19H26N2O5S. The Morgan fingerprint density at radius 2 is 1.85 bits per heavy atom. The van der Waals surface area contributed by atoms with Crippen LogP contribution in [0.4, 0.5) is 5.69 Å². The van der Waals surface area contributed by atoms with Crippen LogP contribution in [0.25, 0.3) is 0 Å². The van der Waals surface area contributed by atoms with Gasteiger partial charge in [-0.3, -0.25) is 4.79 Å². The van der Waals surface area contributed by atoms with Crippen LogP contribution in [-0.2, 0) is 30.1 Å². The van der Waals surface area contributed by atoms with E-state index >= 15 is 0 Å². The SMILES string of the molecule is CN(C(C)(C)C)S(=O)(=O)c1ccc2c(c1)C1(OCCO1)C(=O)N2CC1CC1. The summed E-state index contributed by atoms with van der Waals surface area (Å²) in [6.45, 7) is 6.74. The molecule has 0 aromatic heterocycles. The highest BCUT2D eigenvalue weighted by Gasteiger charge is 2.57. The van der Waals surface area contributed by atoms with Gasteiger partial charge in [0.2, 0.25) is 10.0 Å². The van der Waals surface area contributed by atoms with Gasteiger partial charge in [-0.05, 0) is 57.7 Å². The third-order valence-electron chi connectivity index (χ3n) is 5.57. The van der Waals surface area contributed by atoms with Crippen LogP contribution in [0.2, 0.25) is 0 Å². The number of amides is 1. The number of nitrogens with zero attached hydrogens (tertiary/aromatic N) is 2. The summed E-state index contributed by atoms with van der Waals surface area (Å²) in [5.41, 5.74) is 0.615. The van der Waals surface area contributed by atoms with Gasteiger partial charge in [-0.2, -0.15) is 4.31 Å². The minimum atomic E-state index is -3.72. The first-order valence-corrected chi connectivity index (χ1v) is 10.7. The molecule has 7 nitrogen and oxygen atoms in total. The van der Waals surface area contributed by atoms with Gasteiger partial charge in [0.05, 0.1) is 23.8 Å². The van der Waals surface area contributed by atoms with Crippen LogP contribution in [0.3, 0.4) is 0 Å². The largest absolute Gasteiger partial charge is 0.336 e. The molecule has 1 spiro atoms. The molecular weight excluding hydrogens is 368 g/mol. The van der Waals surface area contributed by atoms with Gasteiger partial charge < -0.3 is 14.4 Å². The number of benzene rings is 1. The third-order valence-corrected chi connectivity index (χ3v) is 7.69. The lowest BCUT2D eigenvalue weighted by Gasteiger charge is -2.31. The smallest absolute Gasteiger partial charge is 0.292 e. The number of sulfonamides is 1. The maximum absolute atomic E-state index is 13.1. The second-order valence-corrected chi connectivity index (χ2v) is 10.5. The number of carbonyl (C=O) groups excluding carboxylic acids is 1. The molecule has 2 heterocycles. The van der Waals surface area contributed by atoms with Gasteiger partial charge in [-0.15, -0.1) is 0 Å².